The average Bonchev–Trinajstić information content (AvgIpc) is 2.04. The maximum atomic E-state index is 5.17. The summed E-state index contributed by atoms with van der Waals surface area (Å²) in [6, 6.07) is 0.506. The van der Waals surface area contributed by atoms with Crippen LogP contribution >= 0.6 is 24.0 Å². The van der Waals surface area contributed by atoms with Gasteiger partial charge in [-0.05, 0) is 32.3 Å². The van der Waals surface area contributed by atoms with Gasteiger partial charge in [0.2, 0.25) is 0 Å². The molecule has 72 valence electrons. The van der Waals surface area contributed by atoms with Gasteiger partial charge < -0.3 is 10.2 Å². The number of nitrogens with one attached hydrogen (secondary N) is 1. The number of nitrogens with zero attached hydrogens (tertiary/aromatic N) is 1. The van der Waals surface area contributed by atoms with Crippen molar-refractivity contribution in [2.24, 2.45) is 0 Å². The van der Waals surface area contributed by atoms with Crippen LogP contribution in [0.15, 0.2) is 0 Å². The van der Waals surface area contributed by atoms with Crippen LogP contribution in [0.4, 0.5) is 0 Å². The van der Waals surface area contributed by atoms with Crippen LogP contribution in [-0.4, -0.2) is 41.7 Å². The van der Waals surface area contributed by atoms with Crippen molar-refractivity contribution in [3.63, 3.8) is 0 Å². The molecular weight excluding hydrogens is 188 g/mol. The van der Waals surface area contributed by atoms with E-state index in [2.05, 4.69) is 30.3 Å². The molecule has 0 amide bonds. The maximum Gasteiger partial charge on any atom is 0.168 e. The molecule has 0 saturated heterocycles. The van der Waals surface area contributed by atoms with E-state index < -0.39 is 0 Å². The highest BCUT2D eigenvalue weighted by Crippen LogP contribution is 2.03. The van der Waals surface area contributed by atoms with Crippen LogP contribution in [0.5, 0.6) is 0 Å². The van der Waals surface area contributed by atoms with E-state index >= 15 is 0 Å². The first-order chi connectivity index (χ1) is 5.63. The fraction of sp³-hybridized carbons (Fsp3) is 0.875. The lowest BCUT2D eigenvalue weighted by Crippen LogP contribution is -2.43. The Kier molecular flexibility index (Phi) is 6.57. The van der Waals surface area contributed by atoms with Crippen molar-refractivity contribution < 1.29 is 0 Å². The summed E-state index contributed by atoms with van der Waals surface area (Å²) in [6.45, 7) is 5.13. The minimum Gasteiger partial charge on any atom is -0.363 e. The van der Waals surface area contributed by atoms with Crippen molar-refractivity contribution in [2.75, 3.05) is 25.6 Å². The van der Waals surface area contributed by atoms with E-state index in [-0.39, 0.29) is 0 Å². The molecule has 0 radical (unpaired) electrons. The summed E-state index contributed by atoms with van der Waals surface area (Å²) in [7, 11) is 2.03. The normalized spacial score (nSPS) is 12.3. The number of rotatable bonds is 4. The molecular formula is C8H18N2S2. The van der Waals surface area contributed by atoms with Crippen LogP contribution in [0.2, 0.25) is 0 Å². The van der Waals surface area contributed by atoms with Gasteiger partial charge in [0.05, 0.1) is 0 Å². The highest BCUT2D eigenvalue weighted by Gasteiger charge is 2.10. The standard InChI is InChI=1S/C8H18N2S2/c1-5-9-8(11)10(3)7(2)6-12-4/h7H,5-6H2,1-4H3,(H,9,11). The summed E-state index contributed by atoms with van der Waals surface area (Å²) >= 11 is 7.02. The quantitative estimate of drug-likeness (QED) is 0.702. The molecule has 0 saturated carbocycles. The topological polar surface area (TPSA) is 15.3 Å². The summed E-state index contributed by atoms with van der Waals surface area (Å²) in [5.74, 6) is 1.11. The van der Waals surface area contributed by atoms with Crippen LogP contribution < -0.4 is 5.32 Å². The second-order valence-corrected chi connectivity index (χ2v) is 4.05. The van der Waals surface area contributed by atoms with Gasteiger partial charge in [-0.1, -0.05) is 0 Å². The fourth-order valence-corrected chi connectivity index (χ4v) is 1.86. The fourth-order valence-electron chi connectivity index (χ4n) is 0.829. The van der Waals surface area contributed by atoms with Crippen molar-refractivity contribution in [1.82, 2.24) is 10.2 Å². The molecule has 0 aliphatic carbocycles. The van der Waals surface area contributed by atoms with Gasteiger partial charge in [-0.25, -0.2) is 0 Å². The highest BCUT2D eigenvalue weighted by atomic mass is 32.2. The van der Waals surface area contributed by atoms with Gasteiger partial charge in [0.1, 0.15) is 0 Å². The maximum absolute atomic E-state index is 5.17. The molecule has 1 atom stereocenters. The first-order valence-electron chi connectivity index (χ1n) is 4.13. The third-order valence-corrected chi connectivity index (χ3v) is 2.97. The molecule has 0 spiro atoms. The predicted octanol–water partition coefficient (Wildman–Crippen LogP) is 1.56. The molecule has 0 bridgehead atoms. The number of thioether (sulfide) groups is 1. The zero-order valence-corrected chi connectivity index (χ0v) is 9.89. The van der Waals surface area contributed by atoms with Crippen molar-refractivity contribution >= 4 is 29.1 Å². The van der Waals surface area contributed by atoms with E-state index in [1.165, 1.54) is 0 Å². The predicted molar refractivity (Wildman–Crippen MR) is 61.9 cm³/mol. The van der Waals surface area contributed by atoms with Gasteiger partial charge in [-0.3, -0.25) is 0 Å². The monoisotopic (exact) mass is 206 g/mol. The van der Waals surface area contributed by atoms with E-state index in [1.807, 2.05) is 18.8 Å². The van der Waals surface area contributed by atoms with E-state index in [0.29, 0.717) is 6.04 Å². The summed E-state index contributed by atoms with van der Waals surface area (Å²) in [4.78, 5) is 2.11. The summed E-state index contributed by atoms with van der Waals surface area (Å²) in [5.41, 5.74) is 0. The molecule has 4 heteroatoms. The molecule has 0 aliphatic heterocycles. The smallest absolute Gasteiger partial charge is 0.168 e. The molecule has 12 heavy (non-hydrogen) atoms. The number of hydrogen-bond donors (Lipinski definition) is 1. The second kappa shape index (κ2) is 6.54. The lowest BCUT2D eigenvalue weighted by atomic mass is 10.4. The van der Waals surface area contributed by atoms with Gasteiger partial charge in [-0.2, -0.15) is 11.8 Å². The number of thiocarbonyl (C=S) groups is 1. The average molecular weight is 206 g/mol. The summed E-state index contributed by atoms with van der Waals surface area (Å²) in [6.07, 6.45) is 2.11. The van der Waals surface area contributed by atoms with Crippen molar-refractivity contribution in [1.29, 1.82) is 0 Å². The lowest BCUT2D eigenvalue weighted by Gasteiger charge is -2.26. The molecule has 0 aromatic carbocycles. The molecule has 0 rings (SSSR count). The lowest BCUT2D eigenvalue weighted by molar-refractivity contribution is 0.417. The van der Waals surface area contributed by atoms with Crippen molar-refractivity contribution in [3.8, 4) is 0 Å². The van der Waals surface area contributed by atoms with E-state index in [1.54, 1.807) is 0 Å². The molecule has 0 fully saturated rings. The van der Waals surface area contributed by atoms with Crippen molar-refractivity contribution in [3.05, 3.63) is 0 Å². The Hall–Kier alpha value is 0.0400. The Balaban J connectivity index is 3.82. The summed E-state index contributed by atoms with van der Waals surface area (Å²) in [5, 5.41) is 3.98. The SMILES string of the molecule is CCNC(=S)N(C)C(C)CSC. The Morgan fingerprint density at radius 1 is 1.67 bits per heavy atom. The van der Waals surface area contributed by atoms with Crippen LogP contribution in [0.25, 0.3) is 0 Å². The first kappa shape index (κ1) is 12.0. The molecule has 0 aromatic rings. The van der Waals surface area contributed by atoms with Gasteiger partial charge in [0, 0.05) is 25.4 Å². The second-order valence-electron chi connectivity index (χ2n) is 2.75. The van der Waals surface area contributed by atoms with E-state index in [0.717, 1.165) is 17.4 Å². The zero-order valence-electron chi connectivity index (χ0n) is 8.26. The van der Waals surface area contributed by atoms with Gasteiger partial charge in [0.25, 0.3) is 0 Å². The van der Waals surface area contributed by atoms with E-state index in [9.17, 15) is 0 Å². The van der Waals surface area contributed by atoms with Gasteiger partial charge in [0.15, 0.2) is 5.11 Å². The molecule has 0 heterocycles. The van der Waals surface area contributed by atoms with Crippen LogP contribution in [-0.2, 0) is 0 Å². The molecule has 1 N–H and O–H groups in total. The van der Waals surface area contributed by atoms with Gasteiger partial charge in [-0.15, -0.1) is 0 Å². The largest absolute Gasteiger partial charge is 0.363 e. The third-order valence-electron chi connectivity index (χ3n) is 1.72. The Bertz CT molecular complexity index is 139. The number of hydrogen-bond acceptors (Lipinski definition) is 2. The molecule has 1 unspecified atom stereocenters. The van der Waals surface area contributed by atoms with E-state index in [4.69, 9.17) is 12.2 Å². The third kappa shape index (κ3) is 4.16. The zero-order chi connectivity index (χ0) is 9.56. The highest BCUT2D eigenvalue weighted by molar-refractivity contribution is 7.98. The molecule has 2 nitrogen and oxygen atoms in total. The molecule has 0 aromatic heterocycles. The molecule has 0 aliphatic rings. The van der Waals surface area contributed by atoms with Crippen LogP contribution in [0.3, 0.4) is 0 Å². The Labute approximate surface area is 85.1 Å². The minimum atomic E-state index is 0.506. The Morgan fingerprint density at radius 3 is 2.67 bits per heavy atom. The van der Waals surface area contributed by atoms with Crippen LogP contribution in [0.1, 0.15) is 13.8 Å². The van der Waals surface area contributed by atoms with Crippen LogP contribution in [0, 0.1) is 0 Å². The minimum absolute atomic E-state index is 0.506. The Morgan fingerprint density at radius 2 is 2.25 bits per heavy atom. The van der Waals surface area contributed by atoms with Gasteiger partial charge >= 0.3 is 0 Å². The first-order valence-corrected chi connectivity index (χ1v) is 5.93. The van der Waals surface area contributed by atoms with Crippen molar-refractivity contribution in [2.45, 2.75) is 19.9 Å². The summed E-state index contributed by atoms with van der Waals surface area (Å²) < 4.78 is 0.